The first-order valence-electron chi connectivity index (χ1n) is 2.80. The summed E-state index contributed by atoms with van der Waals surface area (Å²) < 4.78 is 4.92. The van der Waals surface area contributed by atoms with E-state index in [4.69, 9.17) is 4.74 Å². The number of rotatable bonds is 0. The third-order valence-corrected chi connectivity index (χ3v) is 1.19. The Morgan fingerprint density at radius 3 is 2.56 bits per heavy atom. The van der Waals surface area contributed by atoms with Crippen LogP contribution in [0.1, 0.15) is 19.3 Å². The van der Waals surface area contributed by atoms with E-state index < -0.39 is 0 Å². The molecule has 0 aromatic heterocycles. The fourth-order valence-corrected chi connectivity index (χ4v) is 0.736. The molecular weight excluding hydrogens is 120 g/mol. The summed E-state index contributed by atoms with van der Waals surface area (Å²) in [6.45, 7) is 0.699. The van der Waals surface area contributed by atoms with Gasteiger partial charge in [-0.25, -0.2) is 4.79 Å². The first kappa shape index (κ1) is 8.21. The minimum atomic E-state index is 0. The van der Waals surface area contributed by atoms with E-state index in [9.17, 15) is 4.79 Å². The van der Waals surface area contributed by atoms with E-state index in [0.717, 1.165) is 19.3 Å². The lowest BCUT2D eigenvalue weighted by molar-refractivity contribution is 0.169. The third-order valence-electron chi connectivity index (χ3n) is 1.19. The van der Waals surface area contributed by atoms with Crippen LogP contribution in [-0.2, 0) is 9.53 Å². The average Bonchev–Trinajstić information content (AvgIpc) is 1.90. The van der Waals surface area contributed by atoms with Crippen LogP contribution in [0.15, 0.2) is 5.76 Å². The van der Waals surface area contributed by atoms with Crippen molar-refractivity contribution in [3.8, 4) is 0 Å². The second kappa shape index (κ2) is 4.13. The van der Waals surface area contributed by atoms with E-state index in [1.807, 2.05) is 0 Å². The molecule has 0 aromatic carbocycles. The zero-order chi connectivity index (χ0) is 5.82. The molecule has 0 amide bonds. The average molecular weight is 130 g/mol. The van der Waals surface area contributed by atoms with Crippen LogP contribution in [-0.4, -0.2) is 18.0 Å². The Bertz CT molecular complexity index is 116. The molecule has 0 unspecified atom stereocenters. The van der Waals surface area contributed by atoms with E-state index in [-0.39, 0.29) is 5.48 Å². The maximum atomic E-state index is 9.87. The van der Waals surface area contributed by atoms with Gasteiger partial charge in [0.25, 0.3) is 0 Å². The maximum Gasteiger partial charge on any atom is 0.179 e. The van der Waals surface area contributed by atoms with Crippen molar-refractivity contribution in [2.24, 2.45) is 0 Å². The zero-order valence-corrected chi connectivity index (χ0v) is 5.14. The fourth-order valence-electron chi connectivity index (χ4n) is 0.736. The third kappa shape index (κ3) is 2.31. The van der Waals surface area contributed by atoms with Gasteiger partial charge in [-0.05, 0) is 12.8 Å². The van der Waals surface area contributed by atoms with E-state index in [1.165, 1.54) is 0 Å². The zero-order valence-electron chi connectivity index (χ0n) is 5.14. The summed E-state index contributed by atoms with van der Waals surface area (Å²) in [5, 5.41) is 0. The molecule has 0 aliphatic carbocycles. The molecular formula is C6H10O3. The molecule has 2 N–H and O–H groups in total. The van der Waals surface area contributed by atoms with Crippen LogP contribution in [0.4, 0.5) is 0 Å². The van der Waals surface area contributed by atoms with Crippen molar-refractivity contribution in [3.63, 3.8) is 0 Å². The Balaban J connectivity index is 0.000000640. The summed E-state index contributed by atoms with van der Waals surface area (Å²) in [7, 11) is 0. The molecule has 52 valence electrons. The monoisotopic (exact) mass is 130 g/mol. The van der Waals surface area contributed by atoms with Crippen LogP contribution in [0.3, 0.4) is 0 Å². The lowest BCUT2D eigenvalue weighted by atomic mass is 10.2. The number of hydrogen-bond donors (Lipinski definition) is 0. The summed E-state index contributed by atoms with van der Waals surface area (Å²) in [4.78, 5) is 9.87. The van der Waals surface area contributed by atoms with Gasteiger partial charge in [0, 0.05) is 6.42 Å². The largest absolute Gasteiger partial charge is 0.487 e. The molecule has 0 saturated carbocycles. The number of carbonyl (C=O) groups excluding carboxylic acids is 1. The molecule has 1 rings (SSSR count). The van der Waals surface area contributed by atoms with Crippen molar-refractivity contribution < 1.29 is 15.0 Å². The topological polar surface area (TPSA) is 57.8 Å². The molecule has 0 bridgehead atoms. The highest BCUT2D eigenvalue weighted by molar-refractivity contribution is 5.49. The summed E-state index contributed by atoms with van der Waals surface area (Å²) in [6.07, 6.45) is 2.93. The first-order chi connectivity index (χ1) is 3.93. The highest BCUT2D eigenvalue weighted by Crippen LogP contribution is 2.12. The molecule has 1 aliphatic heterocycles. The van der Waals surface area contributed by atoms with Gasteiger partial charge in [-0.1, -0.05) is 0 Å². The van der Waals surface area contributed by atoms with Gasteiger partial charge >= 0.3 is 0 Å². The van der Waals surface area contributed by atoms with Gasteiger partial charge in [0.2, 0.25) is 0 Å². The van der Waals surface area contributed by atoms with Gasteiger partial charge in [-0.2, -0.15) is 0 Å². The van der Waals surface area contributed by atoms with Crippen molar-refractivity contribution in [3.05, 3.63) is 5.76 Å². The van der Waals surface area contributed by atoms with Gasteiger partial charge in [0.05, 0.1) is 6.61 Å². The van der Waals surface area contributed by atoms with Crippen molar-refractivity contribution >= 4 is 5.94 Å². The Kier molecular flexibility index (Phi) is 3.76. The molecule has 1 heterocycles. The molecule has 0 atom stereocenters. The number of ether oxygens (including phenoxy) is 1. The number of allylic oxidation sites excluding steroid dienone is 1. The summed E-state index contributed by atoms with van der Waals surface area (Å²) in [5.41, 5.74) is 0. The van der Waals surface area contributed by atoms with Gasteiger partial charge < -0.3 is 10.2 Å². The minimum absolute atomic E-state index is 0. The van der Waals surface area contributed by atoms with E-state index in [1.54, 1.807) is 5.94 Å². The quantitative estimate of drug-likeness (QED) is 0.436. The molecule has 3 nitrogen and oxygen atoms in total. The van der Waals surface area contributed by atoms with Crippen LogP contribution < -0.4 is 0 Å². The molecule has 1 saturated heterocycles. The van der Waals surface area contributed by atoms with Crippen LogP contribution >= 0.6 is 0 Å². The second-order valence-electron chi connectivity index (χ2n) is 1.83. The van der Waals surface area contributed by atoms with Crippen molar-refractivity contribution in [2.45, 2.75) is 19.3 Å². The Morgan fingerprint density at radius 1 is 1.44 bits per heavy atom. The van der Waals surface area contributed by atoms with Crippen LogP contribution in [0.25, 0.3) is 0 Å². The minimum Gasteiger partial charge on any atom is -0.487 e. The molecule has 0 radical (unpaired) electrons. The summed E-state index contributed by atoms with van der Waals surface area (Å²) >= 11 is 0. The van der Waals surface area contributed by atoms with Crippen LogP contribution in [0, 0.1) is 0 Å². The molecule has 1 fully saturated rings. The maximum absolute atomic E-state index is 9.87. The fraction of sp³-hybridized carbons (Fsp3) is 0.667. The van der Waals surface area contributed by atoms with E-state index in [2.05, 4.69) is 0 Å². The molecule has 9 heavy (non-hydrogen) atoms. The van der Waals surface area contributed by atoms with Gasteiger partial charge in [-0.15, -0.1) is 0 Å². The van der Waals surface area contributed by atoms with Gasteiger partial charge in [0.1, 0.15) is 0 Å². The predicted octanol–water partition coefficient (Wildman–Crippen LogP) is 0.0777. The first-order valence-corrected chi connectivity index (χ1v) is 2.80. The summed E-state index contributed by atoms with van der Waals surface area (Å²) in [5.74, 6) is 2.24. The van der Waals surface area contributed by atoms with Gasteiger partial charge in [0.15, 0.2) is 11.7 Å². The SMILES string of the molecule is O.O=C=C1CCCCO1. The normalized spacial score (nSPS) is 17.1. The lowest BCUT2D eigenvalue weighted by Crippen LogP contribution is -2.02. The Hall–Kier alpha value is -0.790. The molecule has 1 aliphatic rings. The van der Waals surface area contributed by atoms with E-state index >= 15 is 0 Å². The second-order valence-corrected chi connectivity index (χ2v) is 1.83. The van der Waals surface area contributed by atoms with Crippen molar-refractivity contribution in [2.75, 3.05) is 6.61 Å². The number of hydrogen-bond acceptors (Lipinski definition) is 2. The van der Waals surface area contributed by atoms with Crippen molar-refractivity contribution in [1.82, 2.24) is 0 Å². The predicted molar refractivity (Wildman–Crippen MR) is 32.6 cm³/mol. The Labute approximate surface area is 53.6 Å². The smallest absolute Gasteiger partial charge is 0.179 e. The van der Waals surface area contributed by atoms with Crippen LogP contribution in [0.2, 0.25) is 0 Å². The molecule has 0 aromatic rings. The highest BCUT2D eigenvalue weighted by Gasteiger charge is 2.04. The summed E-state index contributed by atoms with van der Waals surface area (Å²) in [6, 6.07) is 0. The Morgan fingerprint density at radius 2 is 2.22 bits per heavy atom. The van der Waals surface area contributed by atoms with Crippen molar-refractivity contribution in [1.29, 1.82) is 0 Å². The molecule has 3 heteroatoms. The molecule has 0 spiro atoms. The standard InChI is InChI=1S/C6H8O2.H2O/c7-5-6-3-1-2-4-8-6;/h1-4H2;1H2. The van der Waals surface area contributed by atoms with Crippen LogP contribution in [0.5, 0.6) is 0 Å². The van der Waals surface area contributed by atoms with E-state index in [0.29, 0.717) is 12.4 Å². The highest BCUT2D eigenvalue weighted by atomic mass is 16.5. The van der Waals surface area contributed by atoms with Gasteiger partial charge in [-0.3, -0.25) is 0 Å². The lowest BCUT2D eigenvalue weighted by Gasteiger charge is -2.11.